The van der Waals surface area contributed by atoms with Gasteiger partial charge in [-0.1, -0.05) is 0 Å². The van der Waals surface area contributed by atoms with E-state index in [-0.39, 0.29) is 16.6 Å². The Morgan fingerprint density at radius 3 is 2.70 bits per heavy atom. The molecule has 0 radical (unpaired) electrons. The maximum Gasteiger partial charge on any atom is 0.269 e. The molecule has 1 saturated heterocycles. The van der Waals surface area contributed by atoms with Crippen molar-refractivity contribution in [3.8, 4) is 0 Å². The number of piperazine rings is 1. The van der Waals surface area contributed by atoms with Crippen LogP contribution in [0.4, 0.5) is 5.69 Å². The highest BCUT2D eigenvalue weighted by molar-refractivity contribution is 7.89. The van der Waals surface area contributed by atoms with Gasteiger partial charge in [-0.2, -0.15) is 4.31 Å². The van der Waals surface area contributed by atoms with E-state index in [2.05, 4.69) is 5.32 Å². The molecule has 0 aliphatic carbocycles. The van der Waals surface area contributed by atoms with Crippen LogP contribution in [-0.4, -0.2) is 43.3 Å². The van der Waals surface area contributed by atoms with Crippen molar-refractivity contribution in [1.29, 1.82) is 0 Å². The Bertz CT molecular complexity index is 630. The van der Waals surface area contributed by atoms with Gasteiger partial charge in [0.05, 0.1) is 9.82 Å². The Labute approximate surface area is 117 Å². The number of rotatable bonds is 3. The van der Waals surface area contributed by atoms with Crippen LogP contribution in [0.5, 0.6) is 0 Å². The fourth-order valence-electron chi connectivity index (χ4n) is 2.34. The van der Waals surface area contributed by atoms with Crippen molar-refractivity contribution in [2.75, 3.05) is 19.6 Å². The summed E-state index contributed by atoms with van der Waals surface area (Å²) < 4.78 is 26.7. The third kappa shape index (κ3) is 2.67. The van der Waals surface area contributed by atoms with Gasteiger partial charge in [-0.3, -0.25) is 10.1 Å². The number of benzene rings is 1. The van der Waals surface area contributed by atoms with Crippen LogP contribution in [-0.2, 0) is 10.0 Å². The van der Waals surface area contributed by atoms with Crippen molar-refractivity contribution in [2.45, 2.75) is 24.8 Å². The first-order chi connectivity index (χ1) is 9.34. The second-order valence-electron chi connectivity index (χ2n) is 4.88. The summed E-state index contributed by atoms with van der Waals surface area (Å²) in [5, 5.41) is 13.8. The summed E-state index contributed by atoms with van der Waals surface area (Å²) in [5.74, 6) is 0. The third-order valence-electron chi connectivity index (χ3n) is 3.40. The lowest BCUT2D eigenvalue weighted by atomic mass is 10.2. The molecule has 0 amide bonds. The van der Waals surface area contributed by atoms with Crippen LogP contribution in [0, 0.1) is 17.0 Å². The molecule has 1 aromatic rings. The zero-order valence-electron chi connectivity index (χ0n) is 11.4. The summed E-state index contributed by atoms with van der Waals surface area (Å²) in [6.45, 7) is 5.03. The highest BCUT2D eigenvalue weighted by atomic mass is 32.2. The van der Waals surface area contributed by atoms with Crippen LogP contribution < -0.4 is 5.32 Å². The Morgan fingerprint density at radius 1 is 1.45 bits per heavy atom. The van der Waals surface area contributed by atoms with Gasteiger partial charge in [-0.15, -0.1) is 0 Å². The number of aryl methyl sites for hydroxylation is 1. The molecular formula is C12H17N3O4S. The molecule has 1 N–H and O–H groups in total. The first-order valence-electron chi connectivity index (χ1n) is 6.31. The first kappa shape index (κ1) is 14.9. The van der Waals surface area contributed by atoms with Crippen LogP contribution in [0.1, 0.15) is 12.5 Å². The van der Waals surface area contributed by atoms with Gasteiger partial charge in [0.1, 0.15) is 0 Å². The standard InChI is InChI=1S/C12H17N3O4S/c1-9-7-11(15(16)17)3-4-12(9)20(18,19)14-6-5-13-8-10(14)2/h3-4,7,10,13H,5-6,8H2,1-2H3/t10-/m1/s1. The van der Waals surface area contributed by atoms with E-state index in [0.717, 1.165) is 0 Å². The predicted molar refractivity (Wildman–Crippen MR) is 74.1 cm³/mol. The normalized spacial score (nSPS) is 20.8. The molecule has 1 heterocycles. The van der Waals surface area contributed by atoms with Gasteiger partial charge in [-0.25, -0.2) is 8.42 Å². The number of hydrogen-bond acceptors (Lipinski definition) is 5. The van der Waals surface area contributed by atoms with Gasteiger partial charge in [0.2, 0.25) is 10.0 Å². The van der Waals surface area contributed by atoms with Gasteiger partial charge in [-0.05, 0) is 25.5 Å². The van der Waals surface area contributed by atoms with E-state index in [0.29, 0.717) is 25.2 Å². The Balaban J connectivity index is 2.41. The molecule has 0 unspecified atom stereocenters. The number of nitro benzene ring substituents is 1. The van der Waals surface area contributed by atoms with Crippen LogP contribution >= 0.6 is 0 Å². The Hall–Kier alpha value is -1.51. The van der Waals surface area contributed by atoms with E-state index in [4.69, 9.17) is 0 Å². The lowest BCUT2D eigenvalue weighted by Crippen LogP contribution is -2.52. The SMILES string of the molecule is Cc1cc([N+](=O)[O-])ccc1S(=O)(=O)N1CCNC[C@H]1C. The molecule has 0 saturated carbocycles. The maximum absolute atomic E-state index is 12.6. The smallest absolute Gasteiger partial charge is 0.269 e. The van der Waals surface area contributed by atoms with Crippen molar-refractivity contribution in [1.82, 2.24) is 9.62 Å². The molecule has 8 heteroatoms. The molecule has 0 bridgehead atoms. The van der Waals surface area contributed by atoms with E-state index in [1.807, 2.05) is 6.92 Å². The highest BCUT2D eigenvalue weighted by Gasteiger charge is 2.32. The minimum atomic E-state index is -3.61. The van der Waals surface area contributed by atoms with Gasteiger partial charge in [0.15, 0.2) is 0 Å². The zero-order valence-corrected chi connectivity index (χ0v) is 12.2. The van der Waals surface area contributed by atoms with Gasteiger partial charge >= 0.3 is 0 Å². The van der Waals surface area contributed by atoms with Crippen LogP contribution in [0.3, 0.4) is 0 Å². The van der Waals surface area contributed by atoms with Crippen LogP contribution in [0.25, 0.3) is 0 Å². The fraction of sp³-hybridized carbons (Fsp3) is 0.500. The van der Waals surface area contributed by atoms with Crippen molar-refractivity contribution in [2.24, 2.45) is 0 Å². The van der Waals surface area contributed by atoms with E-state index in [9.17, 15) is 18.5 Å². The second kappa shape index (κ2) is 5.47. The summed E-state index contributed by atoms with van der Waals surface area (Å²) in [4.78, 5) is 10.3. The molecule has 0 spiro atoms. The molecule has 0 aromatic heterocycles. The van der Waals surface area contributed by atoms with Gasteiger partial charge < -0.3 is 5.32 Å². The first-order valence-corrected chi connectivity index (χ1v) is 7.75. The molecule has 7 nitrogen and oxygen atoms in total. The van der Waals surface area contributed by atoms with E-state index in [1.54, 1.807) is 6.92 Å². The van der Waals surface area contributed by atoms with Crippen molar-refractivity contribution in [3.05, 3.63) is 33.9 Å². The predicted octanol–water partition coefficient (Wildman–Crippen LogP) is 0.886. The minimum absolute atomic E-state index is 0.102. The molecule has 110 valence electrons. The van der Waals surface area contributed by atoms with Gasteiger partial charge in [0, 0.05) is 37.8 Å². The van der Waals surface area contributed by atoms with Crippen molar-refractivity contribution < 1.29 is 13.3 Å². The molecule has 20 heavy (non-hydrogen) atoms. The largest absolute Gasteiger partial charge is 0.314 e. The second-order valence-corrected chi connectivity index (χ2v) is 6.73. The molecule has 2 rings (SSSR count). The molecule has 1 fully saturated rings. The molecule has 1 aromatic carbocycles. The number of nitro groups is 1. The Morgan fingerprint density at radius 2 is 2.15 bits per heavy atom. The molecule has 1 atom stereocenters. The topological polar surface area (TPSA) is 92.5 Å². The lowest BCUT2D eigenvalue weighted by molar-refractivity contribution is -0.385. The van der Waals surface area contributed by atoms with Crippen molar-refractivity contribution in [3.63, 3.8) is 0 Å². The minimum Gasteiger partial charge on any atom is -0.314 e. The number of nitrogens with one attached hydrogen (secondary N) is 1. The van der Waals surface area contributed by atoms with Crippen LogP contribution in [0.2, 0.25) is 0 Å². The van der Waals surface area contributed by atoms with Crippen LogP contribution in [0.15, 0.2) is 23.1 Å². The quantitative estimate of drug-likeness (QED) is 0.661. The van der Waals surface area contributed by atoms with Crippen molar-refractivity contribution >= 4 is 15.7 Å². The van der Waals surface area contributed by atoms with E-state index >= 15 is 0 Å². The molecule has 1 aliphatic heterocycles. The average molecular weight is 299 g/mol. The number of nitrogens with zero attached hydrogens (tertiary/aromatic N) is 2. The zero-order chi connectivity index (χ0) is 14.9. The summed E-state index contributed by atoms with van der Waals surface area (Å²) in [5.41, 5.74) is 0.291. The molecule has 1 aliphatic rings. The summed E-state index contributed by atoms with van der Waals surface area (Å²) in [7, 11) is -3.61. The number of hydrogen-bond donors (Lipinski definition) is 1. The summed E-state index contributed by atoms with van der Waals surface area (Å²) in [6, 6.07) is 3.70. The molecular weight excluding hydrogens is 282 g/mol. The number of non-ortho nitro benzene ring substituents is 1. The monoisotopic (exact) mass is 299 g/mol. The lowest BCUT2D eigenvalue weighted by Gasteiger charge is -2.33. The van der Waals surface area contributed by atoms with E-state index in [1.165, 1.54) is 22.5 Å². The maximum atomic E-state index is 12.6. The number of sulfonamides is 1. The third-order valence-corrected chi connectivity index (χ3v) is 5.57. The van der Waals surface area contributed by atoms with E-state index < -0.39 is 14.9 Å². The summed E-state index contributed by atoms with van der Waals surface area (Å²) >= 11 is 0. The Kier molecular flexibility index (Phi) is 4.07. The average Bonchev–Trinajstić information content (AvgIpc) is 2.38. The summed E-state index contributed by atoms with van der Waals surface area (Å²) in [6.07, 6.45) is 0. The van der Waals surface area contributed by atoms with Gasteiger partial charge in [0.25, 0.3) is 5.69 Å². The fourth-order valence-corrected chi connectivity index (χ4v) is 4.18. The highest BCUT2D eigenvalue weighted by Crippen LogP contribution is 2.25.